The zero-order valence-electron chi connectivity index (χ0n) is 11.4. The SMILES string of the molecule is CC1CN(Cc2cn(C)nn2)C2(CCCC2)CN1. The van der Waals surface area contributed by atoms with E-state index >= 15 is 0 Å². The molecule has 1 aliphatic heterocycles. The second kappa shape index (κ2) is 4.63. The minimum atomic E-state index is 0.379. The Bertz CT molecular complexity index is 407. The molecule has 1 saturated heterocycles. The summed E-state index contributed by atoms with van der Waals surface area (Å²) in [6.07, 6.45) is 7.43. The molecule has 1 spiro atoms. The van der Waals surface area contributed by atoms with Crippen molar-refractivity contribution in [3.8, 4) is 0 Å². The molecule has 0 radical (unpaired) electrons. The minimum Gasteiger partial charge on any atom is -0.311 e. The Morgan fingerprint density at radius 1 is 1.44 bits per heavy atom. The van der Waals surface area contributed by atoms with Crippen molar-refractivity contribution in [3.05, 3.63) is 11.9 Å². The molecule has 1 saturated carbocycles. The van der Waals surface area contributed by atoms with Crippen LogP contribution in [0, 0.1) is 0 Å². The van der Waals surface area contributed by atoms with Crippen LogP contribution in [0.1, 0.15) is 38.3 Å². The molecule has 1 unspecified atom stereocenters. The van der Waals surface area contributed by atoms with E-state index in [4.69, 9.17) is 0 Å². The van der Waals surface area contributed by atoms with Crippen molar-refractivity contribution in [1.82, 2.24) is 25.2 Å². The zero-order valence-corrected chi connectivity index (χ0v) is 11.4. The van der Waals surface area contributed by atoms with Crippen molar-refractivity contribution in [3.63, 3.8) is 0 Å². The molecule has 2 heterocycles. The standard InChI is InChI=1S/C13H23N5/c1-11-7-18(9-12-8-17(2)16-15-12)13(10-14-11)5-3-4-6-13/h8,11,14H,3-7,9-10H2,1-2H3. The van der Waals surface area contributed by atoms with E-state index in [-0.39, 0.29) is 0 Å². The Morgan fingerprint density at radius 3 is 2.89 bits per heavy atom. The smallest absolute Gasteiger partial charge is 0.0967 e. The molecule has 5 nitrogen and oxygen atoms in total. The molecule has 2 aliphatic rings. The van der Waals surface area contributed by atoms with Crippen molar-refractivity contribution < 1.29 is 0 Å². The molecule has 0 bridgehead atoms. The van der Waals surface area contributed by atoms with Crippen LogP contribution < -0.4 is 5.32 Å². The predicted molar refractivity (Wildman–Crippen MR) is 70.1 cm³/mol. The quantitative estimate of drug-likeness (QED) is 0.846. The Hall–Kier alpha value is -0.940. The normalized spacial score (nSPS) is 28.0. The van der Waals surface area contributed by atoms with Gasteiger partial charge in [0.15, 0.2) is 0 Å². The first-order chi connectivity index (χ1) is 8.68. The first-order valence-corrected chi connectivity index (χ1v) is 7.02. The largest absolute Gasteiger partial charge is 0.311 e. The molecule has 1 N–H and O–H groups in total. The van der Waals surface area contributed by atoms with Crippen LogP contribution in [0.4, 0.5) is 0 Å². The third kappa shape index (κ3) is 2.17. The van der Waals surface area contributed by atoms with Gasteiger partial charge >= 0.3 is 0 Å². The number of aryl methyl sites for hydroxylation is 1. The molecule has 1 aliphatic carbocycles. The van der Waals surface area contributed by atoms with Crippen molar-refractivity contribution in [2.45, 2.75) is 50.7 Å². The van der Waals surface area contributed by atoms with Crippen LogP contribution in [0.3, 0.4) is 0 Å². The van der Waals surface area contributed by atoms with Crippen LogP contribution in [-0.4, -0.2) is 44.6 Å². The molecular weight excluding hydrogens is 226 g/mol. The van der Waals surface area contributed by atoms with E-state index in [9.17, 15) is 0 Å². The van der Waals surface area contributed by atoms with E-state index in [2.05, 4.69) is 27.5 Å². The highest BCUT2D eigenvalue weighted by molar-refractivity contribution is 5.04. The molecule has 1 aromatic heterocycles. The van der Waals surface area contributed by atoms with Crippen molar-refractivity contribution in [2.24, 2.45) is 7.05 Å². The maximum Gasteiger partial charge on any atom is 0.0967 e. The second-order valence-corrected chi connectivity index (χ2v) is 5.98. The summed E-state index contributed by atoms with van der Waals surface area (Å²) in [5, 5.41) is 11.9. The van der Waals surface area contributed by atoms with Crippen molar-refractivity contribution in [1.29, 1.82) is 0 Å². The number of aromatic nitrogens is 3. The zero-order chi connectivity index (χ0) is 12.6. The molecule has 0 aromatic carbocycles. The maximum absolute atomic E-state index is 4.24. The lowest BCUT2D eigenvalue weighted by atomic mass is 9.91. The Morgan fingerprint density at radius 2 is 2.22 bits per heavy atom. The monoisotopic (exact) mass is 249 g/mol. The van der Waals surface area contributed by atoms with Gasteiger partial charge < -0.3 is 5.32 Å². The van der Waals surface area contributed by atoms with Gasteiger partial charge in [0, 0.05) is 44.5 Å². The summed E-state index contributed by atoms with van der Waals surface area (Å²) in [4.78, 5) is 2.64. The van der Waals surface area contributed by atoms with E-state index in [1.54, 1.807) is 4.68 Å². The first-order valence-electron chi connectivity index (χ1n) is 7.02. The van der Waals surface area contributed by atoms with E-state index in [1.165, 1.54) is 25.7 Å². The number of hydrogen-bond donors (Lipinski definition) is 1. The second-order valence-electron chi connectivity index (χ2n) is 5.98. The summed E-state index contributed by atoms with van der Waals surface area (Å²) in [7, 11) is 1.93. The topological polar surface area (TPSA) is 46.0 Å². The highest BCUT2D eigenvalue weighted by Gasteiger charge is 2.42. The van der Waals surface area contributed by atoms with E-state index < -0.39 is 0 Å². The van der Waals surface area contributed by atoms with Crippen LogP contribution in [0.5, 0.6) is 0 Å². The van der Waals surface area contributed by atoms with Crippen molar-refractivity contribution >= 4 is 0 Å². The Kier molecular flexibility index (Phi) is 3.11. The van der Waals surface area contributed by atoms with Gasteiger partial charge in [-0.25, -0.2) is 0 Å². The maximum atomic E-state index is 4.24. The van der Waals surface area contributed by atoms with Gasteiger partial charge in [0.2, 0.25) is 0 Å². The van der Waals surface area contributed by atoms with Crippen LogP contribution in [0.2, 0.25) is 0 Å². The van der Waals surface area contributed by atoms with Crippen LogP contribution in [-0.2, 0) is 13.6 Å². The number of rotatable bonds is 2. The average Bonchev–Trinajstić information content (AvgIpc) is 2.95. The van der Waals surface area contributed by atoms with Crippen molar-refractivity contribution in [2.75, 3.05) is 13.1 Å². The van der Waals surface area contributed by atoms with Crippen LogP contribution in [0.15, 0.2) is 6.20 Å². The van der Waals surface area contributed by atoms with Crippen LogP contribution >= 0.6 is 0 Å². The molecule has 5 heteroatoms. The lowest BCUT2D eigenvalue weighted by molar-refractivity contribution is 0.0382. The molecule has 0 amide bonds. The lowest BCUT2D eigenvalue weighted by Gasteiger charge is -2.47. The number of piperazine rings is 1. The van der Waals surface area contributed by atoms with E-state index in [1.807, 2.05) is 13.2 Å². The number of hydrogen-bond acceptors (Lipinski definition) is 4. The third-order valence-electron chi connectivity index (χ3n) is 4.48. The van der Waals surface area contributed by atoms with Gasteiger partial charge in [0.25, 0.3) is 0 Å². The van der Waals surface area contributed by atoms with Gasteiger partial charge in [-0.05, 0) is 19.8 Å². The summed E-state index contributed by atoms with van der Waals surface area (Å²) in [6.45, 7) is 5.47. The summed E-state index contributed by atoms with van der Waals surface area (Å²) >= 11 is 0. The molecule has 3 rings (SSSR count). The van der Waals surface area contributed by atoms with E-state index in [0.717, 1.165) is 25.3 Å². The number of nitrogens with zero attached hydrogens (tertiary/aromatic N) is 4. The molecule has 1 aromatic rings. The fraction of sp³-hybridized carbons (Fsp3) is 0.846. The molecule has 1 atom stereocenters. The summed E-state index contributed by atoms with van der Waals surface area (Å²) in [6, 6.07) is 0.577. The highest BCUT2D eigenvalue weighted by Crippen LogP contribution is 2.37. The van der Waals surface area contributed by atoms with Gasteiger partial charge in [0.1, 0.15) is 0 Å². The van der Waals surface area contributed by atoms with Gasteiger partial charge in [-0.3, -0.25) is 9.58 Å². The fourth-order valence-electron chi connectivity index (χ4n) is 3.49. The van der Waals surface area contributed by atoms with Gasteiger partial charge in [0.05, 0.1) is 5.69 Å². The Labute approximate surface area is 109 Å². The van der Waals surface area contributed by atoms with Gasteiger partial charge in [-0.1, -0.05) is 18.1 Å². The molecule has 18 heavy (non-hydrogen) atoms. The lowest BCUT2D eigenvalue weighted by Crippen LogP contribution is -2.62. The fourth-order valence-corrected chi connectivity index (χ4v) is 3.49. The first kappa shape index (κ1) is 12.1. The third-order valence-corrected chi connectivity index (χ3v) is 4.48. The molecule has 100 valence electrons. The van der Waals surface area contributed by atoms with E-state index in [0.29, 0.717) is 11.6 Å². The number of nitrogens with one attached hydrogen (secondary N) is 1. The van der Waals surface area contributed by atoms with Gasteiger partial charge in [-0.2, -0.15) is 0 Å². The predicted octanol–water partition coefficient (Wildman–Crippen LogP) is 0.922. The summed E-state index contributed by atoms with van der Waals surface area (Å²) in [5.74, 6) is 0. The minimum absolute atomic E-state index is 0.379. The summed E-state index contributed by atoms with van der Waals surface area (Å²) < 4.78 is 1.79. The molecule has 2 fully saturated rings. The summed E-state index contributed by atoms with van der Waals surface area (Å²) in [5.41, 5.74) is 1.47. The average molecular weight is 249 g/mol. The van der Waals surface area contributed by atoms with Crippen LogP contribution in [0.25, 0.3) is 0 Å². The van der Waals surface area contributed by atoms with Gasteiger partial charge in [-0.15, -0.1) is 5.10 Å². The highest BCUT2D eigenvalue weighted by atomic mass is 15.4. The Balaban J connectivity index is 1.77. The molecular formula is C13H23N5.